The van der Waals surface area contributed by atoms with Gasteiger partial charge < -0.3 is 0 Å². The van der Waals surface area contributed by atoms with E-state index in [4.69, 9.17) is 0 Å². The summed E-state index contributed by atoms with van der Waals surface area (Å²) in [5.41, 5.74) is 1.76. The van der Waals surface area contributed by atoms with Gasteiger partial charge >= 0.3 is 0 Å². The van der Waals surface area contributed by atoms with E-state index in [0.717, 1.165) is 16.3 Å². The van der Waals surface area contributed by atoms with Gasteiger partial charge in [-0.25, -0.2) is 13.4 Å². The maximum atomic E-state index is 11.9. The van der Waals surface area contributed by atoms with Gasteiger partial charge in [-0.3, -0.25) is 4.68 Å². The van der Waals surface area contributed by atoms with Crippen LogP contribution in [0.15, 0.2) is 17.8 Å². The van der Waals surface area contributed by atoms with Gasteiger partial charge in [-0.15, -0.1) is 11.3 Å². The Morgan fingerprint density at radius 2 is 2.30 bits per heavy atom. The Balaban J connectivity index is 1.81. The molecule has 8 heteroatoms. The third-order valence-electron chi connectivity index (χ3n) is 3.46. The predicted molar refractivity (Wildman–Crippen MR) is 77.7 cm³/mol. The molecule has 2 aromatic rings. The third-order valence-corrected chi connectivity index (χ3v) is 6.36. The van der Waals surface area contributed by atoms with Crippen molar-refractivity contribution in [2.24, 2.45) is 7.05 Å². The van der Waals surface area contributed by atoms with Gasteiger partial charge in [-0.05, 0) is 13.3 Å². The van der Waals surface area contributed by atoms with Crippen LogP contribution in [0.4, 0.5) is 0 Å². The summed E-state index contributed by atoms with van der Waals surface area (Å²) in [6.07, 6.45) is 4.36. The van der Waals surface area contributed by atoms with E-state index in [1.165, 1.54) is 11.3 Å². The number of thiazole rings is 1. The van der Waals surface area contributed by atoms with Gasteiger partial charge in [0.05, 0.1) is 24.2 Å². The van der Waals surface area contributed by atoms with Crippen molar-refractivity contribution in [3.05, 3.63) is 23.5 Å². The summed E-state index contributed by atoms with van der Waals surface area (Å²) < 4.78 is 27.2. The SMILES string of the molecule is CC1CCS(=O)(=O)N1Cc1csc(-c2cnn(C)c2)n1. The van der Waals surface area contributed by atoms with E-state index in [2.05, 4.69) is 10.1 Å². The first-order chi connectivity index (χ1) is 9.45. The summed E-state index contributed by atoms with van der Waals surface area (Å²) >= 11 is 1.51. The molecule has 1 atom stereocenters. The molecule has 3 heterocycles. The number of nitrogens with zero attached hydrogens (tertiary/aromatic N) is 4. The Bertz CT molecular complexity index is 719. The molecule has 0 N–H and O–H groups in total. The number of hydrogen-bond acceptors (Lipinski definition) is 5. The lowest BCUT2D eigenvalue weighted by Gasteiger charge is -2.18. The Labute approximate surface area is 122 Å². The fourth-order valence-electron chi connectivity index (χ4n) is 2.31. The van der Waals surface area contributed by atoms with Gasteiger partial charge in [0.1, 0.15) is 5.01 Å². The van der Waals surface area contributed by atoms with Crippen molar-refractivity contribution in [3.63, 3.8) is 0 Å². The molecule has 3 rings (SSSR count). The molecule has 0 bridgehead atoms. The fourth-order valence-corrected chi connectivity index (χ4v) is 4.96. The molecule has 1 unspecified atom stereocenters. The van der Waals surface area contributed by atoms with E-state index >= 15 is 0 Å². The zero-order valence-electron chi connectivity index (χ0n) is 11.4. The van der Waals surface area contributed by atoms with Crippen LogP contribution in [0.25, 0.3) is 10.6 Å². The van der Waals surface area contributed by atoms with E-state index in [1.807, 2.05) is 25.5 Å². The highest BCUT2D eigenvalue weighted by Crippen LogP contribution is 2.27. The fraction of sp³-hybridized carbons (Fsp3) is 0.500. The third kappa shape index (κ3) is 2.50. The van der Waals surface area contributed by atoms with Crippen molar-refractivity contribution in [1.29, 1.82) is 0 Å². The average molecular weight is 312 g/mol. The molecular formula is C12H16N4O2S2. The maximum absolute atomic E-state index is 11.9. The van der Waals surface area contributed by atoms with Crippen molar-refractivity contribution < 1.29 is 8.42 Å². The average Bonchev–Trinajstić information content (AvgIpc) is 3.06. The second-order valence-corrected chi connectivity index (χ2v) is 7.94. The molecule has 0 radical (unpaired) electrons. The second-order valence-electron chi connectivity index (χ2n) is 5.05. The van der Waals surface area contributed by atoms with Gasteiger partial charge in [0.2, 0.25) is 10.0 Å². The van der Waals surface area contributed by atoms with Crippen LogP contribution in [-0.4, -0.2) is 39.3 Å². The van der Waals surface area contributed by atoms with E-state index in [9.17, 15) is 8.42 Å². The molecule has 1 saturated heterocycles. The largest absolute Gasteiger partial charge is 0.275 e. The Morgan fingerprint density at radius 3 is 2.90 bits per heavy atom. The number of aryl methyl sites for hydroxylation is 1. The van der Waals surface area contributed by atoms with Crippen molar-refractivity contribution in [3.8, 4) is 10.6 Å². The van der Waals surface area contributed by atoms with Crippen LogP contribution in [-0.2, 0) is 23.6 Å². The molecule has 108 valence electrons. The summed E-state index contributed by atoms with van der Waals surface area (Å²) in [6.45, 7) is 2.30. The molecule has 0 saturated carbocycles. The minimum atomic E-state index is -3.10. The molecule has 0 aromatic carbocycles. The second kappa shape index (κ2) is 4.94. The monoisotopic (exact) mass is 312 g/mol. The van der Waals surface area contributed by atoms with Gasteiger partial charge in [0.25, 0.3) is 0 Å². The van der Waals surface area contributed by atoms with Crippen LogP contribution in [0.1, 0.15) is 19.0 Å². The quantitative estimate of drug-likeness (QED) is 0.860. The summed E-state index contributed by atoms with van der Waals surface area (Å²) in [5, 5.41) is 6.91. The Hall–Kier alpha value is -1.25. The van der Waals surface area contributed by atoms with Crippen LogP contribution in [0.2, 0.25) is 0 Å². The van der Waals surface area contributed by atoms with Crippen molar-refractivity contribution >= 4 is 21.4 Å². The van der Waals surface area contributed by atoms with Crippen LogP contribution in [0, 0.1) is 0 Å². The summed E-state index contributed by atoms with van der Waals surface area (Å²) in [7, 11) is -1.25. The van der Waals surface area contributed by atoms with E-state index in [1.54, 1.807) is 15.2 Å². The first kappa shape index (κ1) is 13.7. The van der Waals surface area contributed by atoms with Crippen LogP contribution >= 0.6 is 11.3 Å². The summed E-state index contributed by atoms with van der Waals surface area (Å²) in [6, 6.07) is 0.0588. The molecule has 20 heavy (non-hydrogen) atoms. The normalized spacial score (nSPS) is 22.4. The van der Waals surface area contributed by atoms with Crippen molar-refractivity contribution in [2.75, 3.05) is 5.75 Å². The standard InChI is InChI=1S/C12H16N4O2S2/c1-9-3-4-20(17,18)16(9)7-11-8-19-12(14-11)10-5-13-15(2)6-10/h5-6,8-9H,3-4,7H2,1-2H3. The maximum Gasteiger partial charge on any atom is 0.214 e. The van der Waals surface area contributed by atoms with Crippen LogP contribution in [0.3, 0.4) is 0 Å². The smallest absolute Gasteiger partial charge is 0.214 e. The highest BCUT2D eigenvalue weighted by atomic mass is 32.2. The zero-order chi connectivity index (χ0) is 14.3. The van der Waals surface area contributed by atoms with Crippen molar-refractivity contribution in [2.45, 2.75) is 25.9 Å². The lowest BCUT2D eigenvalue weighted by molar-refractivity contribution is 0.353. The van der Waals surface area contributed by atoms with Gasteiger partial charge in [-0.2, -0.15) is 9.40 Å². The highest BCUT2D eigenvalue weighted by Gasteiger charge is 2.34. The van der Waals surface area contributed by atoms with E-state index in [-0.39, 0.29) is 11.8 Å². The lowest BCUT2D eigenvalue weighted by Crippen LogP contribution is -2.30. The molecular weight excluding hydrogens is 296 g/mol. The molecule has 2 aromatic heterocycles. The number of hydrogen-bond donors (Lipinski definition) is 0. The van der Waals surface area contributed by atoms with Gasteiger partial charge in [0, 0.05) is 30.2 Å². The molecule has 1 fully saturated rings. The summed E-state index contributed by atoms with van der Waals surface area (Å²) in [5.74, 6) is 0.244. The van der Waals surface area contributed by atoms with Crippen LogP contribution in [0.5, 0.6) is 0 Å². The first-order valence-corrected chi connectivity index (χ1v) is 8.87. The van der Waals surface area contributed by atoms with E-state index in [0.29, 0.717) is 13.0 Å². The number of aromatic nitrogens is 3. The molecule has 0 spiro atoms. The lowest BCUT2D eigenvalue weighted by atomic mass is 10.2. The predicted octanol–water partition coefficient (Wildman–Crippen LogP) is 1.47. The van der Waals surface area contributed by atoms with E-state index < -0.39 is 10.0 Å². The van der Waals surface area contributed by atoms with Crippen molar-refractivity contribution in [1.82, 2.24) is 19.1 Å². The van der Waals surface area contributed by atoms with Gasteiger partial charge in [-0.1, -0.05) is 0 Å². The van der Waals surface area contributed by atoms with Crippen LogP contribution < -0.4 is 0 Å². The molecule has 6 nitrogen and oxygen atoms in total. The molecule has 0 amide bonds. The molecule has 1 aliphatic heterocycles. The minimum Gasteiger partial charge on any atom is -0.275 e. The molecule has 1 aliphatic rings. The zero-order valence-corrected chi connectivity index (χ0v) is 13.0. The Kier molecular flexibility index (Phi) is 3.39. The Morgan fingerprint density at radius 1 is 1.50 bits per heavy atom. The molecule has 0 aliphatic carbocycles. The highest BCUT2D eigenvalue weighted by molar-refractivity contribution is 7.89. The first-order valence-electron chi connectivity index (χ1n) is 6.38. The topological polar surface area (TPSA) is 68.1 Å². The number of sulfonamides is 1. The minimum absolute atomic E-state index is 0.0588. The number of rotatable bonds is 3. The summed E-state index contributed by atoms with van der Waals surface area (Å²) in [4.78, 5) is 4.52. The van der Waals surface area contributed by atoms with Gasteiger partial charge in [0.15, 0.2) is 0 Å².